The second-order valence-corrected chi connectivity index (χ2v) is 10.2. The lowest BCUT2D eigenvalue weighted by Crippen LogP contribution is -2.50. The fourth-order valence-corrected chi connectivity index (χ4v) is 6.56. The third kappa shape index (κ3) is 3.89. The normalized spacial score (nSPS) is 23.0. The van der Waals surface area contributed by atoms with E-state index in [4.69, 9.17) is 5.73 Å². The predicted octanol–water partition coefficient (Wildman–Crippen LogP) is 5.13. The topological polar surface area (TPSA) is 97.2 Å². The molecule has 1 unspecified atom stereocenters. The first kappa shape index (κ1) is 23.1. The molecule has 2 aromatic carbocycles. The third-order valence-corrected chi connectivity index (χ3v) is 8.46. The van der Waals surface area contributed by atoms with Gasteiger partial charge >= 0.3 is 6.03 Å². The van der Waals surface area contributed by atoms with E-state index in [1.807, 2.05) is 42.5 Å². The van der Waals surface area contributed by atoms with Gasteiger partial charge in [-0.3, -0.25) is 9.80 Å². The molecule has 0 bridgehead atoms. The van der Waals surface area contributed by atoms with Crippen molar-refractivity contribution in [1.29, 1.82) is 10.5 Å². The number of hydrogen-bond acceptors (Lipinski definition) is 4. The van der Waals surface area contributed by atoms with Gasteiger partial charge < -0.3 is 5.73 Å². The Hall–Kier alpha value is -3.61. The maximum absolute atomic E-state index is 12.1. The summed E-state index contributed by atoms with van der Waals surface area (Å²) in [6.07, 6.45) is 10.9. The van der Waals surface area contributed by atoms with Crippen LogP contribution in [-0.4, -0.2) is 24.0 Å². The molecule has 2 heterocycles. The molecule has 1 atom stereocenters. The molecule has 0 spiro atoms. The van der Waals surface area contributed by atoms with Crippen LogP contribution < -0.4 is 10.6 Å². The summed E-state index contributed by atoms with van der Waals surface area (Å²) in [5, 5.41) is 20.0. The van der Waals surface area contributed by atoms with Crippen molar-refractivity contribution >= 4 is 11.7 Å². The number of carbonyl (C=O) groups is 1. The first-order chi connectivity index (χ1) is 17.0. The molecule has 2 N–H and O–H groups in total. The van der Waals surface area contributed by atoms with Crippen LogP contribution in [0.1, 0.15) is 60.8 Å². The van der Waals surface area contributed by atoms with Crippen molar-refractivity contribution in [1.82, 2.24) is 4.90 Å². The van der Waals surface area contributed by atoms with Crippen molar-refractivity contribution in [3.63, 3.8) is 0 Å². The van der Waals surface area contributed by atoms with E-state index in [9.17, 15) is 15.3 Å². The number of urea groups is 1. The molecule has 2 amide bonds. The van der Waals surface area contributed by atoms with Gasteiger partial charge in [0, 0.05) is 24.9 Å². The number of amides is 2. The molecule has 35 heavy (non-hydrogen) atoms. The monoisotopic (exact) mass is 465 g/mol. The number of anilines is 1. The number of benzene rings is 2. The van der Waals surface area contributed by atoms with E-state index in [-0.39, 0.29) is 5.41 Å². The highest BCUT2D eigenvalue weighted by Crippen LogP contribution is 2.57. The van der Waals surface area contributed by atoms with Crippen LogP contribution in [0, 0.1) is 28.1 Å². The Balaban J connectivity index is 1.46. The molecule has 0 saturated heterocycles. The maximum Gasteiger partial charge on any atom is 0.323 e. The van der Waals surface area contributed by atoms with Gasteiger partial charge in [0.25, 0.3) is 0 Å². The average Bonchev–Trinajstić information content (AvgIpc) is 2.91. The van der Waals surface area contributed by atoms with Crippen molar-refractivity contribution in [3.05, 3.63) is 77.0 Å². The molecule has 6 heteroatoms. The summed E-state index contributed by atoms with van der Waals surface area (Å²) in [7, 11) is 0. The molecule has 1 fully saturated rings. The smallest absolute Gasteiger partial charge is 0.323 e. The number of rotatable bonds is 4. The Labute approximate surface area is 207 Å². The molecule has 2 aliphatic heterocycles. The molecule has 0 aromatic heterocycles. The van der Waals surface area contributed by atoms with E-state index in [2.05, 4.69) is 23.1 Å². The fraction of sp³-hybridized carbons (Fsp3) is 0.414. The second kappa shape index (κ2) is 9.21. The molecule has 5 rings (SSSR count). The lowest BCUT2D eigenvalue weighted by molar-refractivity contribution is 0.0884. The highest BCUT2D eigenvalue weighted by atomic mass is 16.2. The fourth-order valence-electron chi connectivity index (χ4n) is 6.56. The van der Waals surface area contributed by atoms with Crippen LogP contribution >= 0.6 is 0 Å². The minimum atomic E-state index is -0.800. The van der Waals surface area contributed by atoms with E-state index < -0.39 is 11.4 Å². The molecule has 3 aliphatic rings. The Kier molecular flexibility index (Phi) is 6.09. The van der Waals surface area contributed by atoms with Crippen LogP contribution in [0.2, 0.25) is 0 Å². The van der Waals surface area contributed by atoms with Crippen LogP contribution in [0.25, 0.3) is 0 Å². The Morgan fingerprint density at radius 2 is 1.86 bits per heavy atom. The number of nitriles is 2. The molecule has 1 saturated carbocycles. The maximum atomic E-state index is 12.1. The first-order valence-corrected chi connectivity index (χ1v) is 12.5. The van der Waals surface area contributed by atoms with Gasteiger partial charge in [0.05, 0.1) is 23.4 Å². The first-order valence-electron chi connectivity index (χ1n) is 12.5. The molecule has 1 aliphatic carbocycles. The molecular formula is C29H31N5O. The van der Waals surface area contributed by atoms with Crippen molar-refractivity contribution in [2.24, 2.45) is 11.1 Å². The van der Waals surface area contributed by atoms with Crippen molar-refractivity contribution in [2.75, 3.05) is 18.0 Å². The largest absolute Gasteiger partial charge is 0.351 e. The van der Waals surface area contributed by atoms with Gasteiger partial charge in [-0.05, 0) is 73.0 Å². The van der Waals surface area contributed by atoms with Crippen LogP contribution in [0.4, 0.5) is 10.5 Å². The van der Waals surface area contributed by atoms with Crippen LogP contribution in [0.5, 0.6) is 0 Å². The number of para-hydroxylation sites is 1. The van der Waals surface area contributed by atoms with Gasteiger partial charge in [-0.25, -0.2) is 4.79 Å². The summed E-state index contributed by atoms with van der Waals surface area (Å²) in [4.78, 5) is 16.1. The number of hydrogen-bond donors (Lipinski definition) is 1. The van der Waals surface area contributed by atoms with Gasteiger partial charge in [-0.15, -0.1) is 0 Å². The van der Waals surface area contributed by atoms with E-state index in [0.717, 1.165) is 69.3 Å². The summed E-state index contributed by atoms with van der Waals surface area (Å²) in [5.41, 5.74) is 9.56. The minimum absolute atomic E-state index is 0.207. The van der Waals surface area contributed by atoms with E-state index in [0.29, 0.717) is 5.69 Å². The predicted molar refractivity (Wildman–Crippen MR) is 135 cm³/mol. The highest BCUT2D eigenvalue weighted by Gasteiger charge is 2.54. The standard InChI is InChI=1S/C29H31N5O/c30-19-22-8-9-24-20-33(15-10-23(24)18-22)16-13-28(11-4-1-5-12-28)29(21-31)14-17-34(27(32)35)26-7-3-2-6-25(26)29/h2-3,6-9,14,17-18H,1,4-5,10-13,15-16,20H2,(H2,32,35). The zero-order chi connectivity index (χ0) is 24.5. The van der Waals surface area contributed by atoms with Gasteiger partial charge in [0.15, 0.2) is 0 Å². The minimum Gasteiger partial charge on any atom is -0.351 e. The highest BCUT2D eigenvalue weighted by molar-refractivity contribution is 5.95. The third-order valence-electron chi connectivity index (χ3n) is 8.46. The van der Waals surface area contributed by atoms with Crippen molar-refractivity contribution < 1.29 is 4.79 Å². The van der Waals surface area contributed by atoms with Gasteiger partial charge in [-0.2, -0.15) is 10.5 Å². The Morgan fingerprint density at radius 3 is 2.60 bits per heavy atom. The van der Waals surface area contributed by atoms with Gasteiger partial charge in [0.2, 0.25) is 0 Å². The average molecular weight is 466 g/mol. The van der Waals surface area contributed by atoms with Crippen molar-refractivity contribution in [3.8, 4) is 12.1 Å². The van der Waals surface area contributed by atoms with E-state index in [1.54, 1.807) is 6.20 Å². The second-order valence-electron chi connectivity index (χ2n) is 10.2. The lowest BCUT2D eigenvalue weighted by atomic mass is 9.52. The van der Waals surface area contributed by atoms with Gasteiger partial charge in [0.1, 0.15) is 5.41 Å². The SMILES string of the molecule is N#Cc1ccc2c(c1)CCN(CCC1(C3(C#N)C=CN(C(N)=O)c4ccccc43)CCCCC1)C2. The van der Waals surface area contributed by atoms with Crippen LogP contribution in [0.15, 0.2) is 54.7 Å². The zero-order valence-corrected chi connectivity index (χ0v) is 20.0. The van der Waals surface area contributed by atoms with Crippen molar-refractivity contribution in [2.45, 2.75) is 56.9 Å². The molecule has 2 aromatic rings. The molecular weight excluding hydrogens is 434 g/mol. The van der Waals surface area contributed by atoms with E-state index >= 15 is 0 Å². The van der Waals surface area contributed by atoms with Crippen LogP contribution in [0.3, 0.4) is 0 Å². The summed E-state index contributed by atoms with van der Waals surface area (Å²) < 4.78 is 0. The molecule has 178 valence electrons. The molecule has 0 radical (unpaired) electrons. The number of nitrogens with two attached hydrogens (primary N) is 1. The molecule has 6 nitrogen and oxygen atoms in total. The summed E-state index contributed by atoms with van der Waals surface area (Å²) in [5.74, 6) is 0. The number of nitrogens with zero attached hydrogens (tertiary/aromatic N) is 4. The lowest BCUT2D eigenvalue weighted by Gasteiger charge is -2.51. The number of primary amides is 1. The summed E-state index contributed by atoms with van der Waals surface area (Å²) >= 11 is 0. The number of fused-ring (bicyclic) bond motifs is 2. The van der Waals surface area contributed by atoms with Gasteiger partial charge in [-0.1, -0.05) is 43.5 Å². The zero-order valence-electron chi connectivity index (χ0n) is 20.0. The Bertz CT molecular complexity index is 1250. The number of carbonyl (C=O) groups excluding carboxylic acids is 1. The summed E-state index contributed by atoms with van der Waals surface area (Å²) in [6, 6.07) is 18.2. The summed E-state index contributed by atoms with van der Waals surface area (Å²) in [6.45, 7) is 2.75. The Morgan fingerprint density at radius 1 is 1.06 bits per heavy atom. The quantitative estimate of drug-likeness (QED) is 0.677. The number of allylic oxidation sites excluding steroid dienone is 1. The van der Waals surface area contributed by atoms with E-state index in [1.165, 1.54) is 22.4 Å². The van der Waals surface area contributed by atoms with Crippen LogP contribution in [-0.2, 0) is 18.4 Å².